The van der Waals surface area contributed by atoms with Crippen molar-refractivity contribution in [1.29, 1.82) is 0 Å². The predicted molar refractivity (Wildman–Crippen MR) is 122 cm³/mol. The largest absolute Gasteiger partial charge is 0.507 e. The van der Waals surface area contributed by atoms with Crippen molar-refractivity contribution < 1.29 is 23.5 Å². The third kappa shape index (κ3) is 3.46. The number of anilines is 1. The minimum absolute atomic E-state index is 0.190. The first-order valence-corrected chi connectivity index (χ1v) is 10.3. The highest BCUT2D eigenvalue weighted by Gasteiger charge is 2.47. The van der Waals surface area contributed by atoms with Gasteiger partial charge >= 0.3 is 0 Å². The van der Waals surface area contributed by atoms with Crippen LogP contribution in [0.5, 0.6) is 0 Å². The summed E-state index contributed by atoms with van der Waals surface area (Å²) in [7, 11) is 0. The molecule has 1 heterocycles. The zero-order valence-corrected chi connectivity index (χ0v) is 17.2. The number of hydrogen-bond acceptors (Lipinski definition) is 3. The Morgan fingerprint density at radius 1 is 0.788 bits per heavy atom. The summed E-state index contributed by atoms with van der Waals surface area (Å²) in [5, 5.41) is 13.0. The second-order valence-electron chi connectivity index (χ2n) is 7.74. The number of halogens is 2. The molecule has 4 aromatic rings. The van der Waals surface area contributed by atoms with Crippen LogP contribution in [0.1, 0.15) is 17.2 Å². The summed E-state index contributed by atoms with van der Waals surface area (Å²) in [4.78, 5) is 27.1. The van der Waals surface area contributed by atoms with Crippen LogP contribution in [-0.2, 0) is 9.59 Å². The summed E-state index contributed by atoms with van der Waals surface area (Å²) in [5.41, 5.74) is 0.253. The van der Waals surface area contributed by atoms with Crippen molar-refractivity contribution in [3.8, 4) is 0 Å². The predicted octanol–water partition coefficient (Wildman–Crippen LogP) is 5.74. The molecule has 1 unspecified atom stereocenters. The molecule has 1 aliphatic heterocycles. The normalized spacial score (nSPS) is 17.6. The van der Waals surface area contributed by atoms with Gasteiger partial charge in [-0.05, 0) is 34.5 Å². The number of carbonyl (C=O) groups is 2. The molecule has 0 aliphatic carbocycles. The van der Waals surface area contributed by atoms with Crippen LogP contribution in [0.3, 0.4) is 0 Å². The molecule has 4 aromatic carbocycles. The van der Waals surface area contributed by atoms with Gasteiger partial charge in [0.15, 0.2) is 0 Å². The molecule has 0 spiro atoms. The van der Waals surface area contributed by atoms with E-state index in [4.69, 9.17) is 0 Å². The van der Waals surface area contributed by atoms with E-state index < -0.39 is 29.4 Å². The fourth-order valence-corrected chi connectivity index (χ4v) is 4.19. The number of aliphatic hydroxyl groups excluding tert-OH is 1. The summed E-state index contributed by atoms with van der Waals surface area (Å²) < 4.78 is 28.7. The van der Waals surface area contributed by atoms with Crippen LogP contribution < -0.4 is 4.90 Å². The van der Waals surface area contributed by atoms with Crippen LogP contribution in [0.4, 0.5) is 14.5 Å². The SMILES string of the molecule is O=C1C(=O)N(c2cc(F)ccc2F)C(c2ccccc2)/C1=C(/O)c1ccc2ccccc2c1. The van der Waals surface area contributed by atoms with Crippen molar-refractivity contribution in [3.05, 3.63) is 119 Å². The first-order valence-electron chi connectivity index (χ1n) is 10.3. The lowest BCUT2D eigenvalue weighted by Gasteiger charge is -2.25. The minimum Gasteiger partial charge on any atom is -0.507 e. The quantitative estimate of drug-likeness (QED) is 0.250. The van der Waals surface area contributed by atoms with Gasteiger partial charge in [-0.25, -0.2) is 8.78 Å². The van der Waals surface area contributed by atoms with Crippen LogP contribution in [-0.4, -0.2) is 16.8 Å². The van der Waals surface area contributed by atoms with Gasteiger partial charge in [-0.1, -0.05) is 66.7 Å². The maximum atomic E-state index is 14.7. The molecule has 1 atom stereocenters. The lowest BCUT2D eigenvalue weighted by Crippen LogP contribution is -2.30. The van der Waals surface area contributed by atoms with Crippen LogP contribution in [0.2, 0.25) is 0 Å². The molecule has 0 radical (unpaired) electrons. The molecule has 6 heteroatoms. The van der Waals surface area contributed by atoms with Crippen molar-refractivity contribution in [1.82, 2.24) is 0 Å². The Morgan fingerprint density at radius 2 is 1.48 bits per heavy atom. The summed E-state index contributed by atoms with van der Waals surface area (Å²) in [6, 6.07) is 22.7. The standard InChI is InChI=1S/C27H17F2NO3/c28-20-12-13-21(29)22(15-20)30-24(17-7-2-1-3-8-17)23(26(32)27(30)33)25(31)19-11-10-16-6-4-5-9-18(16)14-19/h1-15,24,31H/b25-23-. The van der Waals surface area contributed by atoms with E-state index >= 15 is 0 Å². The highest BCUT2D eigenvalue weighted by Crippen LogP contribution is 2.43. The number of rotatable bonds is 3. The maximum Gasteiger partial charge on any atom is 0.300 e. The van der Waals surface area contributed by atoms with E-state index in [9.17, 15) is 23.5 Å². The molecule has 0 bridgehead atoms. The number of amides is 1. The summed E-state index contributed by atoms with van der Waals surface area (Å²) in [5.74, 6) is -4.01. The highest BCUT2D eigenvalue weighted by atomic mass is 19.1. The van der Waals surface area contributed by atoms with Crippen molar-refractivity contribution >= 4 is 33.9 Å². The van der Waals surface area contributed by atoms with E-state index in [1.54, 1.807) is 48.5 Å². The number of carbonyl (C=O) groups excluding carboxylic acids is 2. The lowest BCUT2D eigenvalue weighted by atomic mass is 9.94. The Hall–Kier alpha value is -4.32. The average Bonchev–Trinajstić information content (AvgIpc) is 3.10. The van der Waals surface area contributed by atoms with Gasteiger partial charge in [0.05, 0.1) is 17.3 Å². The minimum atomic E-state index is -1.13. The van der Waals surface area contributed by atoms with Gasteiger partial charge in [-0.15, -0.1) is 0 Å². The molecule has 0 saturated carbocycles. The Morgan fingerprint density at radius 3 is 2.24 bits per heavy atom. The Kier molecular flexibility index (Phi) is 4.98. The highest BCUT2D eigenvalue weighted by molar-refractivity contribution is 6.51. The number of ketones is 1. The summed E-state index contributed by atoms with van der Waals surface area (Å²) >= 11 is 0. The lowest BCUT2D eigenvalue weighted by molar-refractivity contribution is -0.132. The summed E-state index contributed by atoms with van der Waals surface area (Å²) in [6.07, 6.45) is 0. The first kappa shape index (κ1) is 20.6. The van der Waals surface area contributed by atoms with Gasteiger partial charge in [0.2, 0.25) is 0 Å². The third-order valence-electron chi connectivity index (χ3n) is 5.75. The molecule has 1 aliphatic rings. The van der Waals surface area contributed by atoms with Gasteiger partial charge in [0.25, 0.3) is 11.7 Å². The molecular formula is C27H17F2NO3. The molecule has 162 valence electrons. The number of aliphatic hydroxyl groups is 1. The molecule has 1 fully saturated rings. The number of nitrogens with zero attached hydrogens (tertiary/aromatic N) is 1. The van der Waals surface area contributed by atoms with Crippen molar-refractivity contribution in [2.45, 2.75) is 6.04 Å². The average molecular weight is 441 g/mol. The molecule has 1 saturated heterocycles. The fourth-order valence-electron chi connectivity index (χ4n) is 4.19. The zero-order valence-electron chi connectivity index (χ0n) is 17.2. The molecule has 4 nitrogen and oxygen atoms in total. The smallest absolute Gasteiger partial charge is 0.300 e. The van der Waals surface area contributed by atoms with Gasteiger partial charge in [-0.2, -0.15) is 0 Å². The fraction of sp³-hybridized carbons (Fsp3) is 0.0370. The van der Waals surface area contributed by atoms with Crippen molar-refractivity contribution in [3.63, 3.8) is 0 Å². The molecule has 0 aromatic heterocycles. The molecule has 33 heavy (non-hydrogen) atoms. The van der Waals surface area contributed by atoms with Crippen molar-refractivity contribution in [2.75, 3.05) is 4.90 Å². The van der Waals surface area contributed by atoms with E-state index in [2.05, 4.69) is 0 Å². The molecule has 1 amide bonds. The second-order valence-corrected chi connectivity index (χ2v) is 7.74. The Labute approximate surface area is 188 Å². The zero-order chi connectivity index (χ0) is 23.1. The number of hydrogen-bond donors (Lipinski definition) is 1. The van der Waals surface area contributed by atoms with E-state index in [1.807, 2.05) is 24.3 Å². The van der Waals surface area contributed by atoms with Gasteiger partial charge in [0, 0.05) is 11.6 Å². The topological polar surface area (TPSA) is 57.6 Å². The van der Waals surface area contributed by atoms with Gasteiger partial charge < -0.3 is 5.11 Å². The first-order chi connectivity index (χ1) is 16.0. The van der Waals surface area contributed by atoms with Crippen LogP contribution in [0.15, 0.2) is 96.6 Å². The van der Waals surface area contributed by atoms with E-state index in [1.165, 1.54) is 0 Å². The van der Waals surface area contributed by atoms with Crippen LogP contribution in [0, 0.1) is 11.6 Å². The van der Waals surface area contributed by atoms with E-state index in [-0.39, 0.29) is 17.0 Å². The number of benzene rings is 4. The monoisotopic (exact) mass is 441 g/mol. The summed E-state index contributed by atoms with van der Waals surface area (Å²) in [6.45, 7) is 0. The van der Waals surface area contributed by atoms with E-state index in [0.29, 0.717) is 11.1 Å². The molecule has 5 rings (SSSR count). The second kappa shape index (κ2) is 7.98. The molecule has 1 N–H and O–H groups in total. The number of fused-ring (bicyclic) bond motifs is 1. The van der Waals surface area contributed by atoms with Crippen molar-refractivity contribution in [2.24, 2.45) is 0 Å². The molecular weight excluding hydrogens is 424 g/mol. The Bertz CT molecular complexity index is 1450. The maximum absolute atomic E-state index is 14.7. The van der Waals surface area contributed by atoms with Crippen LogP contribution in [0.25, 0.3) is 16.5 Å². The third-order valence-corrected chi connectivity index (χ3v) is 5.75. The number of Topliss-reactive ketones (excluding diaryl/α,β-unsaturated/α-hetero) is 1. The van der Waals surface area contributed by atoms with Gasteiger partial charge in [0.1, 0.15) is 17.4 Å². The van der Waals surface area contributed by atoms with Gasteiger partial charge in [-0.3, -0.25) is 14.5 Å². The van der Waals surface area contributed by atoms with Crippen LogP contribution >= 0.6 is 0 Å². The Balaban J connectivity index is 1.75. The van der Waals surface area contributed by atoms with E-state index in [0.717, 1.165) is 33.9 Å².